The molecule has 1 atom stereocenters. The van der Waals surface area contributed by atoms with E-state index in [9.17, 15) is 13.2 Å². The number of likely N-dealkylation sites (tertiary alicyclic amines) is 1. The number of methoxy groups -OCH3 is 1. The fourth-order valence-corrected chi connectivity index (χ4v) is 2.92. The number of hydrogen-bond donors (Lipinski definition) is 2. The fraction of sp³-hybridized carbons (Fsp3) is 0.667. The summed E-state index contributed by atoms with van der Waals surface area (Å²) in [5, 5.41) is 6.35. The molecule has 1 aliphatic heterocycles. The number of alkyl halides is 3. The number of aliphatic imine (C=N–C) groups is 1. The van der Waals surface area contributed by atoms with Crippen LogP contribution in [0.4, 0.5) is 13.2 Å². The fourth-order valence-electron chi connectivity index (χ4n) is 2.92. The van der Waals surface area contributed by atoms with Gasteiger partial charge in [-0.2, -0.15) is 13.2 Å². The van der Waals surface area contributed by atoms with Crippen LogP contribution in [0.15, 0.2) is 23.3 Å². The number of nitrogens with one attached hydrogen (secondary N) is 2. The molecule has 0 aromatic carbocycles. The summed E-state index contributed by atoms with van der Waals surface area (Å²) < 4.78 is 48.2. The number of hydrogen-bond acceptors (Lipinski definition) is 5. The number of nitrogens with zero attached hydrogens (tertiary/aromatic N) is 3. The molecule has 0 bridgehead atoms. The topological polar surface area (TPSA) is 71.0 Å². The van der Waals surface area contributed by atoms with Crippen LogP contribution in [-0.4, -0.2) is 74.6 Å². The zero-order chi connectivity index (χ0) is 20.4. The average molecular weight is 531 g/mol. The average Bonchev–Trinajstić information content (AvgIpc) is 3.06. The van der Waals surface area contributed by atoms with Crippen molar-refractivity contribution < 1.29 is 22.6 Å². The van der Waals surface area contributed by atoms with Gasteiger partial charge >= 0.3 is 6.18 Å². The van der Waals surface area contributed by atoms with Crippen LogP contribution in [0.3, 0.4) is 0 Å². The molecule has 2 heterocycles. The monoisotopic (exact) mass is 531 g/mol. The third kappa shape index (κ3) is 9.81. The standard InChI is InChI=1S/C18H28F3N5O2.HI/c1-3-22-17(25-15-6-8-26(12-15)13-18(19,20)21)24-11-14-5-4-7-23-16(14)28-10-9-27-2;/h4-5,7,15H,3,6,8-13H2,1-2H3,(H2,22,24,25);1H. The predicted octanol–water partition coefficient (Wildman–Crippen LogP) is 2.42. The maximum absolute atomic E-state index is 12.6. The Balaban J connectivity index is 0.00000420. The molecule has 1 fully saturated rings. The minimum atomic E-state index is -4.17. The van der Waals surface area contributed by atoms with E-state index in [-0.39, 0.29) is 30.0 Å². The highest BCUT2D eigenvalue weighted by molar-refractivity contribution is 14.0. The van der Waals surface area contributed by atoms with Gasteiger partial charge in [0, 0.05) is 44.5 Å². The molecule has 0 amide bonds. The summed E-state index contributed by atoms with van der Waals surface area (Å²) in [7, 11) is 1.60. The SMILES string of the molecule is CCNC(=NCc1cccnc1OCCOC)NC1CCN(CC(F)(F)F)C1.I. The molecular formula is C18H29F3IN5O2. The summed E-state index contributed by atoms with van der Waals surface area (Å²) in [6, 6.07) is 3.61. The van der Waals surface area contributed by atoms with E-state index >= 15 is 0 Å². The lowest BCUT2D eigenvalue weighted by molar-refractivity contribution is -0.143. The highest BCUT2D eigenvalue weighted by atomic mass is 127. The van der Waals surface area contributed by atoms with Crippen LogP contribution in [0.2, 0.25) is 0 Å². The Morgan fingerprint density at radius 3 is 2.86 bits per heavy atom. The van der Waals surface area contributed by atoms with E-state index in [1.165, 1.54) is 4.90 Å². The summed E-state index contributed by atoms with van der Waals surface area (Å²) in [5.74, 6) is 1.06. The van der Waals surface area contributed by atoms with Gasteiger partial charge in [-0.3, -0.25) is 4.90 Å². The first kappa shape index (κ1) is 25.7. The molecule has 2 rings (SSSR count). The van der Waals surface area contributed by atoms with Crippen LogP contribution in [0.25, 0.3) is 0 Å². The van der Waals surface area contributed by atoms with Crippen LogP contribution < -0.4 is 15.4 Å². The summed E-state index contributed by atoms with van der Waals surface area (Å²) >= 11 is 0. The third-order valence-electron chi connectivity index (χ3n) is 4.14. The minimum absolute atomic E-state index is 0. The molecule has 0 spiro atoms. The number of guanidine groups is 1. The van der Waals surface area contributed by atoms with Gasteiger partial charge in [0.05, 0.1) is 19.7 Å². The van der Waals surface area contributed by atoms with Crippen LogP contribution >= 0.6 is 24.0 Å². The van der Waals surface area contributed by atoms with Crippen molar-refractivity contribution in [1.82, 2.24) is 20.5 Å². The van der Waals surface area contributed by atoms with Crippen molar-refractivity contribution >= 4 is 29.9 Å². The van der Waals surface area contributed by atoms with Gasteiger partial charge in [-0.15, -0.1) is 24.0 Å². The first-order valence-electron chi connectivity index (χ1n) is 9.31. The zero-order valence-corrected chi connectivity index (χ0v) is 19.0. The smallest absolute Gasteiger partial charge is 0.401 e. The van der Waals surface area contributed by atoms with Crippen LogP contribution in [0.1, 0.15) is 18.9 Å². The molecule has 1 aliphatic rings. The van der Waals surface area contributed by atoms with Crippen molar-refractivity contribution in [3.63, 3.8) is 0 Å². The molecule has 1 aromatic heterocycles. The number of halogens is 4. The van der Waals surface area contributed by atoms with E-state index in [1.54, 1.807) is 19.4 Å². The van der Waals surface area contributed by atoms with Crippen molar-refractivity contribution in [3.05, 3.63) is 23.9 Å². The van der Waals surface area contributed by atoms with Crippen molar-refractivity contribution in [1.29, 1.82) is 0 Å². The maximum atomic E-state index is 12.6. The summed E-state index contributed by atoms with van der Waals surface area (Å²) in [4.78, 5) is 10.2. The molecule has 11 heteroatoms. The van der Waals surface area contributed by atoms with E-state index in [0.717, 1.165) is 5.56 Å². The molecule has 0 aliphatic carbocycles. The lowest BCUT2D eigenvalue weighted by atomic mass is 10.2. The van der Waals surface area contributed by atoms with E-state index < -0.39 is 12.7 Å². The number of aromatic nitrogens is 1. The Morgan fingerprint density at radius 1 is 1.38 bits per heavy atom. The lowest BCUT2D eigenvalue weighted by Gasteiger charge is -2.19. The Kier molecular flexibility index (Phi) is 11.6. The Hall–Kier alpha value is -1.34. The van der Waals surface area contributed by atoms with Gasteiger partial charge < -0.3 is 20.1 Å². The molecule has 7 nitrogen and oxygen atoms in total. The third-order valence-corrected chi connectivity index (χ3v) is 4.14. The lowest BCUT2D eigenvalue weighted by Crippen LogP contribution is -2.45. The highest BCUT2D eigenvalue weighted by Crippen LogP contribution is 2.20. The van der Waals surface area contributed by atoms with Gasteiger partial charge in [-0.1, -0.05) is 6.07 Å². The largest absolute Gasteiger partial charge is 0.475 e. The van der Waals surface area contributed by atoms with Crippen molar-refractivity contribution in [2.45, 2.75) is 32.1 Å². The van der Waals surface area contributed by atoms with Gasteiger partial charge in [-0.05, 0) is 19.4 Å². The first-order valence-corrected chi connectivity index (χ1v) is 9.31. The molecule has 0 saturated carbocycles. The van der Waals surface area contributed by atoms with E-state index in [1.807, 2.05) is 13.0 Å². The molecule has 1 unspecified atom stereocenters. The van der Waals surface area contributed by atoms with Crippen LogP contribution in [-0.2, 0) is 11.3 Å². The minimum Gasteiger partial charge on any atom is -0.475 e. The van der Waals surface area contributed by atoms with Crippen molar-refractivity contribution in [2.75, 3.05) is 46.5 Å². The first-order chi connectivity index (χ1) is 13.4. The zero-order valence-electron chi connectivity index (χ0n) is 16.7. The highest BCUT2D eigenvalue weighted by Gasteiger charge is 2.34. The molecule has 0 radical (unpaired) electrons. The Morgan fingerprint density at radius 2 is 2.17 bits per heavy atom. The van der Waals surface area contributed by atoms with Gasteiger partial charge in [0.1, 0.15) is 6.61 Å². The molecule has 166 valence electrons. The van der Waals surface area contributed by atoms with E-state index in [2.05, 4.69) is 20.6 Å². The summed E-state index contributed by atoms with van der Waals surface area (Å²) in [6.45, 7) is 3.64. The van der Waals surface area contributed by atoms with Gasteiger partial charge in [0.2, 0.25) is 5.88 Å². The Labute approximate surface area is 186 Å². The molecule has 1 aromatic rings. The second-order valence-electron chi connectivity index (χ2n) is 6.48. The molecule has 1 saturated heterocycles. The second kappa shape index (κ2) is 13.1. The maximum Gasteiger partial charge on any atom is 0.401 e. The van der Waals surface area contributed by atoms with Crippen molar-refractivity contribution in [3.8, 4) is 5.88 Å². The molecular weight excluding hydrogens is 502 g/mol. The number of rotatable bonds is 9. The van der Waals surface area contributed by atoms with Gasteiger partial charge in [0.25, 0.3) is 0 Å². The number of pyridine rings is 1. The predicted molar refractivity (Wildman–Crippen MR) is 116 cm³/mol. The van der Waals surface area contributed by atoms with Gasteiger partial charge in [0.15, 0.2) is 5.96 Å². The quantitative estimate of drug-likeness (QED) is 0.221. The van der Waals surface area contributed by atoms with E-state index in [0.29, 0.717) is 57.7 Å². The normalized spacial score (nSPS) is 17.7. The second-order valence-corrected chi connectivity index (χ2v) is 6.48. The summed E-state index contributed by atoms with van der Waals surface area (Å²) in [5.41, 5.74) is 0.820. The Bertz CT molecular complexity index is 634. The number of ether oxygens (including phenoxy) is 2. The van der Waals surface area contributed by atoms with Gasteiger partial charge in [-0.25, -0.2) is 9.98 Å². The van der Waals surface area contributed by atoms with Crippen LogP contribution in [0.5, 0.6) is 5.88 Å². The molecule has 2 N–H and O–H groups in total. The summed E-state index contributed by atoms with van der Waals surface area (Å²) in [6.07, 6.45) is -1.89. The molecule has 29 heavy (non-hydrogen) atoms. The van der Waals surface area contributed by atoms with Crippen LogP contribution in [0, 0.1) is 0 Å². The van der Waals surface area contributed by atoms with Crippen molar-refractivity contribution in [2.24, 2.45) is 4.99 Å². The van der Waals surface area contributed by atoms with E-state index in [4.69, 9.17) is 9.47 Å².